The van der Waals surface area contributed by atoms with E-state index >= 15 is 0 Å². The highest BCUT2D eigenvalue weighted by atomic mass is 19.4. The molecule has 1 aromatic carbocycles. The van der Waals surface area contributed by atoms with Gasteiger partial charge < -0.3 is 0 Å². The lowest BCUT2D eigenvalue weighted by Gasteiger charge is -2.17. The van der Waals surface area contributed by atoms with Crippen LogP contribution in [0.4, 0.5) is 13.2 Å². The van der Waals surface area contributed by atoms with Crippen molar-refractivity contribution in [2.24, 2.45) is 5.92 Å². The summed E-state index contributed by atoms with van der Waals surface area (Å²) in [7, 11) is 0. The number of aromatic nitrogens is 4. The van der Waals surface area contributed by atoms with Crippen LogP contribution >= 0.6 is 0 Å². The van der Waals surface area contributed by atoms with Gasteiger partial charge in [-0.05, 0) is 43.7 Å². The molecule has 7 nitrogen and oxygen atoms in total. The van der Waals surface area contributed by atoms with Crippen molar-refractivity contribution >= 4 is 5.70 Å². The summed E-state index contributed by atoms with van der Waals surface area (Å²) < 4.78 is 42.0. The van der Waals surface area contributed by atoms with Gasteiger partial charge in [-0.3, -0.25) is 14.3 Å². The molecule has 0 radical (unpaired) electrons. The Balaban J connectivity index is 1.89. The van der Waals surface area contributed by atoms with Crippen LogP contribution in [0.3, 0.4) is 0 Å². The summed E-state index contributed by atoms with van der Waals surface area (Å²) in [6.45, 7) is 1.49. The summed E-state index contributed by atoms with van der Waals surface area (Å²) in [4.78, 5) is 27.5. The van der Waals surface area contributed by atoms with Gasteiger partial charge in [-0.1, -0.05) is 18.2 Å². The topological polar surface area (TPSA) is 96.5 Å². The Kier molecular flexibility index (Phi) is 5.18. The lowest BCUT2D eigenvalue weighted by Crippen LogP contribution is -2.32. The monoisotopic (exact) mass is 439 g/mol. The fourth-order valence-corrected chi connectivity index (χ4v) is 3.64. The molecule has 162 valence electrons. The van der Waals surface area contributed by atoms with Gasteiger partial charge in [0.25, 0.3) is 5.56 Å². The standard InChI is InChI=1S/C22H16F3N5O2/c1-13-19(18-9-10-27-30(18)16-7-5-14(12-26)6-8-16)20(31)28-21(32)29(13)17-4-2-3-15(11-17)22(23,24)25/h2-5,7-11,14H,6H2,1H3,(H,28,31,32). The van der Waals surface area contributed by atoms with Crippen LogP contribution in [0.15, 0.2) is 64.3 Å². The Morgan fingerprint density at radius 3 is 2.69 bits per heavy atom. The van der Waals surface area contributed by atoms with Crippen molar-refractivity contribution in [3.05, 3.63) is 86.9 Å². The molecule has 1 N–H and O–H groups in total. The first-order chi connectivity index (χ1) is 15.2. The van der Waals surface area contributed by atoms with Gasteiger partial charge in [-0.15, -0.1) is 0 Å². The third-order valence-electron chi connectivity index (χ3n) is 5.17. The number of hydrogen-bond donors (Lipinski definition) is 1. The minimum Gasteiger partial charge on any atom is -0.273 e. The number of benzene rings is 1. The zero-order chi connectivity index (χ0) is 23.0. The summed E-state index contributed by atoms with van der Waals surface area (Å²) in [5, 5.41) is 13.3. The lowest BCUT2D eigenvalue weighted by atomic mass is 10.0. The summed E-state index contributed by atoms with van der Waals surface area (Å²) in [6.07, 6.45) is 2.59. The number of nitrogens with zero attached hydrogens (tertiary/aromatic N) is 4. The zero-order valence-corrected chi connectivity index (χ0v) is 16.7. The second kappa shape index (κ2) is 7.85. The maximum atomic E-state index is 13.2. The van der Waals surface area contributed by atoms with Crippen molar-refractivity contribution in [3.63, 3.8) is 0 Å². The largest absolute Gasteiger partial charge is 0.416 e. The Hall–Kier alpha value is -4.13. The van der Waals surface area contributed by atoms with E-state index in [9.17, 15) is 22.8 Å². The molecular formula is C22H16F3N5O2. The first-order valence-corrected chi connectivity index (χ1v) is 9.57. The zero-order valence-electron chi connectivity index (χ0n) is 16.7. The van der Waals surface area contributed by atoms with E-state index in [0.717, 1.165) is 16.7 Å². The van der Waals surface area contributed by atoms with Crippen LogP contribution in [-0.2, 0) is 6.18 Å². The highest BCUT2D eigenvalue weighted by Gasteiger charge is 2.31. The molecule has 4 rings (SSSR count). The van der Waals surface area contributed by atoms with Crippen LogP contribution in [0.1, 0.15) is 17.7 Å². The summed E-state index contributed by atoms with van der Waals surface area (Å²) in [5.74, 6) is -0.259. The molecule has 1 aliphatic carbocycles. The maximum Gasteiger partial charge on any atom is 0.416 e. The van der Waals surface area contributed by atoms with Gasteiger partial charge in [0.15, 0.2) is 0 Å². The van der Waals surface area contributed by atoms with Gasteiger partial charge in [-0.2, -0.15) is 23.5 Å². The SMILES string of the molecule is Cc1c(-c2ccnn2C2=CCC(C#N)C=C2)c(=O)[nH]c(=O)n1-c1cccc(C(F)(F)F)c1. The fraction of sp³-hybridized carbons (Fsp3) is 0.182. The number of nitrogens with one attached hydrogen (secondary N) is 1. The molecule has 0 fully saturated rings. The fourth-order valence-electron chi connectivity index (χ4n) is 3.64. The number of aromatic amines is 1. The predicted octanol–water partition coefficient (Wildman–Crippen LogP) is 3.66. The smallest absolute Gasteiger partial charge is 0.273 e. The number of halogens is 3. The van der Waals surface area contributed by atoms with Gasteiger partial charge in [0, 0.05) is 5.69 Å². The first kappa shape index (κ1) is 21.1. The summed E-state index contributed by atoms with van der Waals surface area (Å²) in [6, 6.07) is 8.03. The third kappa shape index (κ3) is 3.69. The Morgan fingerprint density at radius 2 is 2.03 bits per heavy atom. The first-order valence-electron chi connectivity index (χ1n) is 9.57. The Labute approximate surface area is 179 Å². The van der Waals surface area contributed by atoms with Crippen LogP contribution in [0.2, 0.25) is 0 Å². The van der Waals surface area contributed by atoms with Crippen molar-refractivity contribution < 1.29 is 13.2 Å². The number of H-pyrrole nitrogens is 1. The van der Waals surface area contributed by atoms with Gasteiger partial charge in [-0.25, -0.2) is 9.48 Å². The molecule has 0 bridgehead atoms. The molecule has 0 saturated carbocycles. The number of rotatable bonds is 3. The molecule has 1 atom stereocenters. The molecule has 1 unspecified atom stereocenters. The van der Waals surface area contributed by atoms with E-state index in [4.69, 9.17) is 5.26 Å². The normalized spacial score (nSPS) is 16.0. The van der Waals surface area contributed by atoms with Crippen LogP contribution in [0.25, 0.3) is 22.6 Å². The van der Waals surface area contributed by atoms with Crippen molar-refractivity contribution in [1.82, 2.24) is 19.3 Å². The lowest BCUT2D eigenvalue weighted by molar-refractivity contribution is -0.137. The van der Waals surface area contributed by atoms with Gasteiger partial charge in [0.1, 0.15) is 0 Å². The molecule has 0 amide bonds. The van der Waals surface area contributed by atoms with Gasteiger partial charge in [0.2, 0.25) is 0 Å². The average molecular weight is 439 g/mol. The molecule has 3 aromatic rings. The Morgan fingerprint density at radius 1 is 1.25 bits per heavy atom. The molecule has 10 heteroatoms. The number of hydrogen-bond acceptors (Lipinski definition) is 4. The van der Waals surface area contributed by atoms with Crippen LogP contribution in [-0.4, -0.2) is 19.3 Å². The Bertz CT molecular complexity index is 1420. The highest BCUT2D eigenvalue weighted by molar-refractivity contribution is 5.70. The third-order valence-corrected chi connectivity index (χ3v) is 5.17. The second-order valence-corrected chi connectivity index (χ2v) is 7.19. The minimum absolute atomic E-state index is 0.0282. The summed E-state index contributed by atoms with van der Waals surface area (Å²) in [5.41, 5.74) is -1.24. The molecule has 0 spiro atoms. The molecular weight excluding hydrogens is 423 g/mol. The van der Waals surface area contributed by atoms with E-state index in [1.165, 1.54) is 29.9 Å². The number of nitriles is 1. The van der Waals surface area contributed by atoms with Gasteiger partial charge in [0.05, 0.1) is 46.4 Å². The van der Waals surface area contributed by atoms with Gasteiger partial charge >= 0.3 is 11.9 Å². The van der Waals surface area contributed by atoms with Crippen molar-refractivity contribution in [2.45, 2.75) is 19.5 Å². The van der Waals surface area contributed by atoms with E-state index in [1.54, 1.807) is 24.3 Å². The van der Waals surface area contributed by atoms with Crippen LogP contribution in [0, 0.1) is 24.2 Å². The van der Waals surface area contributed by atoms with E-state index in [-0.39, 0.29) is 22.9 Å². The molecule has 2 aromatic heterocycles. The molecule has 0 saturated heterocycles. The van der Waals surface area contributed by atoms with Crippen LogP contribution < -0.4 is 11.2 Å². The molecule has 1 aliphatic rings. The summed E-state index contributed by atoms with van der Waals surface area (Å²) >= 11 is 0. The number of allylic oxidation sites excluding steroid dienone is 4. The highest BCUT2D eigenvalue weighted by Crippen LogP contribution is 2.31. The minimum atomic E-state index is -4.59. The van der Waals surface area contributed by atoms with E-state index in [2.05, 4.69) is 16.2 Å². The van der Waals surface area contributed by atoms with Crippen molar-refractivity contribution in [1.29, 1.82) is 5.26 Å². The number of alkyl halides is 3. The van der Waals surface area contributed by atoms with Crippen molar-refractivity contribution in [2.75, 3.05) is 0 Å². The van der Waals surface area contributed by atoms with E-state index < -0.39 is 23.0 Å². The second-order valence-electron chi connectivity index (χ2n) is 7.19. The molecule has 0 aliphatic heterocycles. The van der Waals surface area contributed by atoms with Crippen molar-refractivity contribution in [3.8, 4) is 23.0 Å². The maximum absolute atomic E-state index is 13.2. The van der Waals surface area contributed by atoms with E-state index in [0.29, 0.717) is 17.8 Å². The van der Waals surface area contributed by atoms with E-state index in [1.807, 2.05) is 0 Å². The predicted molar refractivity (Wildman–Crippen MR) is 111 cm³/mol. The quantitative estimate of drug-likeness (QED) is 0.674. The van der Waals surface area contributed by atoms with Crippen LogP contribution in [0.5, 0.6) is 0 Å². The average Bonchev–Trinajstić information content (AvgIpc) is 3.22. The molecule has 2 heterocycles. The molecule has 32 heavy (non-hydrogen) atoms.